The summed E-state index contributed by atoms with van der Waals surface area (Å²) in [6.45, 7) is 0. The van der Waals surface area contributed by atoms with Crippen molar-refractivity contribution in [2.45, 2.75) is 18.0 Å². The molecule has 5 nitrogen and oxygen atoms in total. The second-order valence-corrected chi connectivity index (χ2v) is 8.90. The van der Waals surface area contributed by atoms with Gasteiger partial charge in [0.05, 0.1) is 12.1 Å². The highest BCUT2D eigenvalue weighted by molar-refractivity contribution is 6.30. The van der Waals surface area contributed by atoms with Gasteiger partial charge in [-0.3, -0.25) is 9.59 Å². The maximum absolute atomic E-state index is 14.0. The Balaban J connectivity index is 1.80. The number of para-hydroxylation sites is 1. The molecule has 0 saturated carbocycles. The summed E-state index contributed by atoms with van der Waals surface area (Å²) in [4.78, 5) is 28.9. The van der Waals surface area contributed by atoms with Crippen molar-refractivity contribution < 1.29 is 14.0 Å². The van der Waals surface area contributed by atoms with E-state index in [-0.39, 0.29) is 11.3 Å². The molecule has 3 aromatic rings. The first-order valence-electron chi connectivity index (χ1n) is 10.7. The van der Waals surface area contributed by atoms with Gasteiger partial charge in [-0.25, -0.2) is 4.39 Å². The number of primary amides is 1. The maximum atomic E-state index is 14.0. The third-order valence-electron chi connectivity index (χ3n) is 6.76. The van der Waals surface area contributed by atoms with E-state index in [0.29, 0.717) is 16.3 Å². The van der Waals surface area contributed by atoms with Crippen molar-refractivity contribution in [3.63, 3.8) is 0 Å². The monoisotopic (exact) mass is 471 g/mol. The quantitative estimate of drug-likeness (QED) is 0.557. The van der Waals surface area contributed by atoms with Crippen LogP contribution in [0.5, 0.6) is 0 Å². The Morgan fingerprint density at radius 2 is 1.71 bits per heavy atom. The molecule has 2 heterocycles. The van der Waals surface area contributed by atoms with Gasteiger partial charge < -0.3 is 10.6 Å². The number of rotatable bonds is 4. The van der Waals surface area contributed by atoms with Crippen LogP contribution in [-0.2, 0) is 4.79 Å². The zero-order valence-corrected chi connectivity index (χ0v) is 18.6. The van der Waals surface area contributed by atoms with Crippen molar-refractivity contribution in [1.82, 2.24) is 0 Å². The maximum Gasteiger partial charge on any atom is 0.241 e. The fourth-order valence-electron chi connectivity index (χ4n) is 5.26. The average molecular weight is 472 g/mol. The molecule has 2 N–H and O–H groups in total. The predicted octanol–water partition coefficient (Wildman–Crippen LogP) is 4.73. The summed E-state index contributed by atoms with van der Waals surface area (Å²) in [5.41, 5.74) is 6.63. The number of anilines is 1. The third kappa shape index (κ3) is 3.12. The molecule has 5 rings (SSSR count). The first kappa shape index (κ1) is 21.9. The van der Waals surface area contributed by atoms with Crippen LogP contribution in [0.1, 0.15) is 27.4 Å². The Morgan fingerprint density at radius 3 is 2.35 bits per heavy atom. The van der Waals surface area contributed by atoms with Crippen molar-refractivity contribution in [1.29, 1.82) is 5.26 Å². The lowest BCUT2D eigenvalue weighted by atomic mass is 9.67. The number of nitrogens with two attached hydrogens (primary N) is 1. The van der Waals surface area contributed by atoms with Gasteiger partial charge in [0.15, 0.2) is 11.2 Å². The first-order valence-corrected chi connectivity index (χ1v) is 11.1. The Kier molecular flexibility index (Phi) is 5.22. The summed E-state index contributed by atoms with van der Waals surface area (Å²) >= 11 is 6.10. The van der Waals surface area contributed by atoms with E-state index in [0.717, 1.165) is 5.56 Å². The van der Waals surface area contributed by atoms with Crippen LogP contribution in [-0.4, -0.2) is 23.8 Å². The number of ketones is 1. The van der Waals surface area contributed by atoms with Crippen molar-refractivity contribution in [3.05, 3.63) is 106 Å². The van der Waals surface area contributed by atoms with Gasteiger partial charge in [-0.15, -0.1) is 0 Å². The number of carbonyl (C=O) groups is 2. The topological polar surface area (TPSA) is 87.2 Å². The van der Waals surface area contributed by atoms with Crippen LogP contribution in [0.4, 0.5) is 10.1 Å². The van der Waals surface area contributed by atoms with Crippen LogP contribution >= 0.6 is 11.6 Å². The second kappa shape index (κ2) is 8.12. The summed E-state index contributed by atoms with van der Waals surface area (Å²) < 4.78 is 13.6. The number of hydrogen-bond acceptors (Lipinski definition) is 4. The first-order chi connectivity index (χ1) is 16.4. The van der Waals surface area contributed by atoms with Crippen molar-refractivity contribution >= 4 is 35.1 Å². The largest absolute Gasteiger partial charge is 0.368 e. The number of amides is 1. The fraction of sp³-hybridized carbons (Fsp3) is 0.148. The minimum absolute atomic E-state index is 0.273. The molecule has 0 spiro atoms. The van der Waals surface area contributed by atoms with E-state index in [2.05, 4.69) is 6.07 Å². The number of nitriles is 1. The molecular formula is C27H19ClFN3O2. The highest BCUT2D eigenvalue weighted by Gasteiger charge is 2.65. The molecule has 0 unspecified atom stereocenters. The molecule has 1 saturated heterocycles. The molecule has 4 atom stereocenters. The van der Waals surface area contributed by atoms with Crippen molar-refractivity contribution in [2.75, 3.05) is 4.90 Å². The Morgan fingerprint density at radius 1 is 1.03 bits per heavy atom. The Labute approximate surface area is 200 Å². The van der Waals surface area contributed by atoms with E-state index in [9.17, 15) is 19.2 Å². The number of fused-ring (bicyclic) bond motifs is 3. The van der Waals surface area contributed by atoms with Crippen LogP contribution in [0.2, 0.25) is 5.02 Å². The average Bonchev–Trinajstić information content (AvgIpc) is 3.16. The van der Waals surface area contributed by atoms with Gasteiger partial charge in [0.25, 0.3) is 0 Å². The number of Topliss-reactive ketones (excluding diaryl/α,β-unsaturated/α-hetero) is 1. The van der Waals surface area contributed by atoms with Crippen LogP contribution in [0.3, 0.4) is 0 Å². The predicted molar refractivity (Wildman–Crippen MR) is 128 cm³/mol. The van der Waals surface area contributed by atoms with Crippen LogP contribution in [0.15, 0.2) is 78.9 Å². The molecule has 168 valence electrons. The molecule has 0 aromatic heterocycles. The number of hydrogen-bond donors (Lipinski definition) is 1. The highest BCUT2D eigenvalue weighted by Crippen LogP contribution is 2.55. The standard InChI is InChI=1S/C27H19ClFN3O2/c28-19-10-5-17(6-11-19)23-24(25(33)18-7-12-20(29)13-8-18)32-21-4-2-1-3-16(21)9-14-22(32)27(23,15-30)26(31)34/h1-14,22-24H,(H2,31,34)/t22-,23-,24+,27-/m1/s1. The van der Waals surface area contributed by atoms with Gasteiger partial charge in [-0.05, 0) is 53.6 Å². The van der Waals surface area contributed by atoms with Crippen LogP contribution in [0, 0.1) is 22.6 Å². The smallest absolute Gasteiger partial charge is 0.241 e. The number of carbonyl (C=O) groups excluding carboxylic acids is 2. The van der Waals surface area contributed by atoms with Crippen molar-refractivity contribution in [3.8, 4) is 6.07 Å². The summed E-state index contributed by atoms with van der Waals surface area (Å²) in [6, 6.07) is 19.9. The summed E-state index contributed by atoms with van der Waals surface area (Å²) in [7, 11) is 0. The zero-order valence-electron chi connectivity index (χ0n) is 17.9. The van der Waals surface area contributed by atoms with Gasteiger partial charge in [-0.1, -0.05) is 54.1 Å². The molecule has 0 aliphatic carbocycles. The minimum atomic E-state index is -1.74. The van der Waals surface area contributed by atoms with Crippen LogP contribution < -0.4 is 10.6 Å². The molecule has 1 amide bonds. The normalized spacial score (nSPS) is 24.7. The minimum Gasteiger partial charge on any atom is -0.368 e. The van der Waals surface area contributed by atoms with Gasteiger partial charge in [0.2, 0.25) is 5.91 Å². The SMILES string of the molecule is N#C[C@]1(C(N)=O)[C@H](c2ccc(Cl)cc2)[C@@H](C(=O)c2ccc(F)cc2)N2c3ccccc3C=C[C@@H]21. The Bertz CT molecular complexity index is 1360. The van der Waals surface area contributed by atoms with E-state index in [1.165, 1.54) is 24.3 Å². The van der Waals surface area contributed by atoms with Gasteiger partial charge in [0, 0.05) is 22.2 Å². The van der Waals surface area contributed by atoms with E-state index in [4.69, 9.17) is 17.3 Å². The van der Waals surface area contributed by atoms with Gasteiger partial charge >= 0.3 is 0 Å². The third-order valence-corrected chi connectivity index (χ3v) is 7.02. The molecular weight excluding hydrogens is 453 g/mol. The fourth-order valence-corrected chi connectivity index (χ4v) is 5.38. The molecule has 2 aliphatic rings. The molecule has 7 heteroatoms. The van der Waals surface area contributed by atoms with Gasteiger partial charge in [0.1, 0.15) is 11.9 Å². The van der Waals surface area contributed by atoms with E-state index < -0.39 is 35.1 Å². The van der Waals surface area contributed by atoms with E-state index >= 15 is 0 Å². The molecule has 0 radical (unpaired) electrons. The lowest BCUT2D eigenvalue weighted by Crippen LogP contribution is -2.49. The highest BCUT2D eigenvalue weighted by atomic mass is 35.5. The lowest BCUT2D eigenvalue weighted by molar-refractivity contribution is -0.125. The van der Waals surface area contributed by atoms with Gasteiger partial charge in [-0.2, -0.15) is 5.26 Å². The molecule has 2 aliphatic heterocycles. The zero-order chi connectivity index (χ0) is 24.0. The summed E-state index contributed by atoms with van der Waals surface area (Å²) in [5.74, 6) is -2.52. The molecule has 0 bridgehead atoms. The molecule has 34 heavy (non-hydrogen) atoms. The summed E-state index contributed by atoms with van der Waals surface area (Å²) in [6.07, 6.45) is 3.60. The number of nitrogens with zero attached hydrogens (tertiary/aromatic N) is 2. The van der Waals surface area contributed by atoms with Crippen molar-refractivity contribution in [2.24, 2.45) is 11.1 Å². The Hall–Kier alpha value is -3.95. The lowest BCUT2D eigenvalue weighted by Gasteiger charge is -2.36. The number of halogens is 2. The van der Waals surface area contributed by atoms with E-state index in [1.807, 2.05) is 35.2 Å². The van der Waals surface area contributed by atoms with Crippen LogP contribution in [0.25, 0.3) is 6.08 Å². The molecule has 1 fully saturated rings. The number of benzene rings is 3. The second-order valence-electron chi connectivity index (χ2n) is 8.46. The summed E-state index contributed by atoms with van der Waals surface area (Å²) in [5, 5.41) is 10.9. The molecule has 3 aromatic carbocycles. The van der Waals surface area contributed by atoms with E-state index in [1.54, 1.807) is 30.3 Å².